The monoisotopic (exact) mass is 1110 g/mol. The van der Waals surface area contributed by atoms with Gasteiger partial charge in [-0.15, -0.1) is 0 Å². The van der Waals surface area contributed by atoms with Crippen molar-refractivity contribution in [3.8, 4) is 0 Å². The third kappa shape index (κ3) is 36.3. The van der Waals surface area contributed by atoms with Gasteiger partial charge in [0.15, 0.2) is 0 Å². The fourth-order valence-electron chi connectivity index (χ4n) is 9.88. The van der Waals surface area contributed by atoms with E-state index in [4.69, 9.17) is 33.2 Å². The Labute approximate surface area is 470 Å². The maximum absolute atomic E-state index is 13.9. The number of hydrogen-bond acceptors (Lipinski definition) is 16. The number of ether oxygens (including phenoxy) is 7. The van der Waals surface area contributed by atoms with E-state index in [1.165, 1.54) is 4.90 Å². The van der Waals surface area contributed by atoms with Gasteiger partial charge in [-0.3, -0.25) is 33.7 Å². The van der Waals surface area contributed by atoms with Crippen LogP contribution in [0.5, 0.6) is 0 Å². The molecule has 2 aliphatic heterocycles. The van der Waals surface area contributed by atoms with Crippen molar-refractivity contribution < 1.29 is 71.8 Å². The van der Waals surface area contributed by atoms with Crippen LogP contribution in [-0.4, -0.2) is 141 Å². The van der Waals surface area contributed by atoms with Gasteiger partial charge in [0.05, 0.1) is 64.1 Å². The molecule has 452 valence electrons. The molecule has 17 heteroatoms. The minimum atomic E-state index is -0.643. The Bertz CT molecular complexity index is 1450. The lowest BCUT2D eigenvalue weighted by atomic mass is 10.1. The first kappa shape index (κ1) is 70.1. The molecule has 0 bridgehead atoms. The van der Waals surface area contributed by atoms with E-state index in [9.17, 15) is 38.7 Å². The molecule has 2 fully saturated rings. The Kier molecular flexibility index (Phi) is 42.0. The number of piperidine rings is 1. The lowest BCUT2D eigenvalue weighted by molar-refractivity contribution is -0.155. The first-order valence-corrected chi connectivity index (χ1v) is 31.2. The van der Waals surface area contributed by atoms with Crippen LogP contribution in [0.15, 0.2) is 0 Å². The summed E-state index contributed by atoms with van der Waals surface area (Å²) in [7, 11) is 0. The van der Waals surface area contributed by atoms with E-state index in [1.807, 2.05) is 0 Å². The second-order valence-corrected chi connectivity index (χ2v) is 22.1. The number of unbranched alkanes of at least 4 members (excludes halogenated alkanes) is 20. The topological polar surface area (TPSA) is 211 Å². The van der Waals surface area contributed by atoms with Gasteiger partial charge >= 0.3 is 41.9 Å². The van der Waals surface area contributed by atoms with Gasteiger partial charge in [-0.25, -0.2) is 4.79 Å². The van der Waals surface area contributed by atoms with Gasteiger partial charge in [-0.1, -0.05) is 156 Å². The average molecular weight is 1110 g/mol. The average Bonchev–Trinajstić information content (AvgIpc) is 3.85. The Morgan fingerprint density at radius 1 is 0.397 bits per heavy atom. The minimum Gasteiger partial charge on any atom is -0.465 e. The number of likely N-dealkylation sites (tertiary alicyclic amines) is 2. The van der Waals surface area contributed by atoms with Crippen molar-refractivity contribution in [2.24, 2.45) is 11.8 Å². The lowest BCUT2D eigenvalue weighted by Gasteiger charge is -2.30. The largest absolute Gasteiger partial charge is 0.465 e. The van der Waals surface area contributed by atoms with E-state index < -0.39 is 42.0 Å². The highest BCUT2D eigenvalue weighted by molar-refractivity contribution is 5.73. The van der Waals surface area contributed by atoms with Gasteiger partial charge in [-0.2, -0.15) is 0 Å². The first-order chi connectivity index (χ1) is 37.9. The van der Waals surface area contributed by atoms with Gasteiger partial charge < -0.3 is 43.2 Å². The number of carbonyl (C=O) groups excluding carboxylic acids is 7. The maximum atomic E-state index is 13.9. The summed E-state index contributed by atoms with van der Waals surface area (Å²) in [4.78, 5) is 95.7. The SMILES string of the molecule is CCCCCCCCC(=O)OCC(COC(=O)CCCCCCCC)CC(=O)OC[C@@H]1CC[C@@H](COC(=O)CC(COC(=O)CCCCCCCC)COC(=O)CCCCCCCC)N1C(=O)OCCCN1CCC(O)CC1. The Balaban J connectivity index is 2.12. The van der Waals surface area contributed by atoms with Crippen molar-refractivity contribution in [1.82, 2.24) is 9.80 Å². The summed E-state index contributed by atoms with van der Waals surface area (Å²) >= 11 is 0. The van der Waals surface area contributed by atoms with Crippen molar-refractivity contribution in [3.05, 3.63) is 0 Å². The van der Waals surface area contributed by atoms with Crippen molar-refractivity contribution in [2.75, 3.05) is 65.9 Å². The third-order valence-electron chi connectivity index (χ3n) is 14.9. The van der Waals surface area contributed by atoms with Gasteiger partial charge in [0.25, 0.3) is 0 Å². The quantitative estimate of drug-likeness (QED) is 0.0341. The number of aliphatic hydroxyl groups excluding tert-OH is 1. The van der Waals surface area contributed by atoms with Crippen LogP contribution in [0.2, 0.25) is 0 Å². The molecule has 17 nitrogen and oxygen atoms in total. The van der Waals surface area contributed by atoms with Crippen molar-refractivity contribution in [2.45, 2.75) is 271 Å². The summed E-state index contributed by atoms with van der Waals surface area (Å²) in [5.41, 5.74) is 0. The summed E-state index contributed by atoms with van der Waals surface area (Å²) in [6.45, 7) is 10.1. The second kappa shape index (κ2) is 46.7. The van der Waals surface area contributed by atoms with E-state index in [0.29, 0.717) is 64.3 Å². The lowest BCUT2D eigenvalue weighted by Crippen LogP contribution is -2.46. The van der Waals surface area contributed by atoms with E-state index >= 15 is 0 Å². The molecule has 0 radical (unpaired) electrons. The van der Waals surface area contributed by atoms with Crippen molar-refractivity contribution >= 4 is 41.9 Å². The molecule has 0 aromatic heterocycles. The Morgan fingerprint density at radius 2 is 0.718 bits per heavy atom. The number of carbonyl (C=O) groups is 7. The Morgan fingerprint density at radius 3 is 1.05 bits per heavy atom. The summed E-state index contributed by atoms with van der Waals surface area (Å²) in [5, 5.41) is 9.93. The molecule has 0 unspecified atom stereocenters. The van der Waals surface area contributed by atoms with Crippen LogP contribution in [0.25, 0.3) is 0 Å². The molecule has 2 aliphatic rings. The number of hydrogen-bond donors (Lipinski definition) is 1. The second-order valence-electron chi connectivity index (χ2n) is 22.1. The standard InChI is InChI=1S/C61H108N2O15/c1-5-9-13-17-21-25-30-55(65)73-44-50(45-74-56(66)31-26-22-18-14-10-6-2)42-59(69)77-48-52-34-35-53(63(52)61(71)72-41-29-38-62-39-36-54(64)37-40-62)49-78-60(70)43-51(46-75-57(67)32-27-23-19-15-11-7-3)47-76-58(68)33-28-24-20-16-12-8-4/h50-54,64H,5-49H2,1-4H3/t52-,53-/m0/s1. The summed E-state index contributed by atoms with van der Waals surface area (Å²) in [6.07, 6.45) is 27.0. The summed E-state index contributed by atoms with van der Waals surface area (Å²) in [6, 6.07) is -1.22. The zero-order valence-corrected chi connectivity index (χ0v) is 49.3. The van der Waals surface area contributed by atoms with Gasteiger partial charge in [0.1, 0.15) is 13.2 Å². The normalized spacial score (nSPS) is 15.9. The maximum Gasteiger partial charge on any atom is 0.410 e. The molecule has 2 heterocycles. The van der Waals surface area contributed by atoms with Gasteiger partial charge in [0.2, 0.25) is 0 Å². The van der Waals surface area contributed by atoms with E-state index in [-0.39, 0.29) is 115 Å². The summed E-state index contributed by atoms with van der Waals surface area (Å²) in [5.74, 6) is -3.99. The smallest absolute Gasteiger partial charge is 0.410 e. The third-order valence-corrected chi connectivity index (χ3v) is 14.9. The number of nitrogens with zero attached hydrogens (tertiary/aromatic N) is 2. The highest BCUT2D eigenvalue weighted by Gasteiger charge is 2.40. The van der Waals surface area contributed by atoms with Crippen LogP contribution < -0.4 is 0 Å². The van der Waals surface area contributed by atoms with Crippen LogP contribution in [0.1, 0.15) is 252 Å². The number of rotatable bonds is 48. The molecule has 0 saturated carbocycles. The van der Waals surface area contributed by atoms with Gasteiger partial charge in [0, 0.05) is 57.2 Å². The van der Waals surface area contributed by atoms with Crippen LogP contribution in [-0.2, 0) is 61.9 Å². The number of aliphatic hydroxyl groups is 1. The van der Waals surface area contributed by atoms with Gasteiger partial charge in [-0.05, 0) is 57.8 Å². The molecule has 0 spiro atoms. The molecule has 0 aromatic carbocycles. The van der Waals surface area contributed by atoms with Crippen molar-refractivity contribution in [1.29, 1.82) is 0 Å². The fourth-order valence-corrected chi connectivity index (χ4v) is 9.88. The number of amides is 1. The highest BCUT2D eigenvalue weighted by Crippen LogP contribution is 2.27. The van der Waals surface area contributed by atoms with E-state index in [2.05, 4.69) is 32.6 Å². The minimum absolute atomic E-state index is 0.120. The van der Waals surface area contributed by atoms with E-state index in [1.54, 1.807) is 0 Å². The van der Waals surface area contributed by atoms with Crippen LogP contribution in [0, 0.1) is 11.8 Å². The highest BCUT2D eigenvalue weighted by atomic mass is 16.6. The molecule has 2 rings (SSSR count). The molecule has 1 N–H and O–H groups in total. The molecule has 2 saturated heterocycles. The zero-order valence-electron chi connectivity index (χ0n) is 49.3. The first-order valence-electron chi connectivity index (χ1n) is 31.2. The molecule has 1 amide bonds. The molecular formula is C61H108N2O15. The fraction of sp³-hybridized carbons (Fsp3) is 0.885. The number of esters is 6. The van der Waals surface area contributed by atoms with Crippen LogP contribution >= 0.6 is 0 Å². The molecule has 0 aliphatic carbocycles. The van der Waals surface area contributed by atoms with Crippen LogP contribution in [0.3, 0.4) is 0 Å². The molecule has 0 aromatic rings. The predicted octanol–water partition coefficient (Wildman–Crippen LogP) is 12.1. The zero-order chi connectivity index (χ0) is 56.9. The molecule has 78 heavy (non-hydrogen) atoms. The molecular weight excluding hydrogens is 1000 g/mol. The Hall–Kier alpha value is -3.99. The predicted molar refractivity (Wildman–Crippen MR) is 300 cm³/mol. The van der Waals surface area contributed by atoms with Crippen molar-refractivity contribution in [3.63, 3.8) is 0 Å². The molecule has 2 atom stereocenters. The van der Waals surface area contributed by atoms with E-state index in [0.717, 1.165) is 142 Å². The van der Waals surface area contributed by atoms with Crippen LogP contribution in [0.4, 0.5) is 4.79 Å². The summed E-state index contributed by atoms with van der Waals surface area (Å²) < 4.78 is 39.8.